The number of hydrogen-bond acceptors (Lipinski definition) is 3. The van der Waals surface area contributed by atoms with E-state index in [4.69, 9.17) is 23.2 Å². The van der Waals surface area contributed by atoms with Crippen LogP contribution in [0.1, 0.15) is 0 Å². The summed E-state index contributed by atoms with van der Waals surface area (Å²) in [5.41, 5.74) is 0.364. The van der Waals surface area contributed by atoms with Gasteiger partial charge in [-0.1, -0.05) is 23.2 Å². The molecule has 0 spiro atoms. The van der Waals surface area contributed by atoms with Crippen LogP contribution >= 0.6 is 23.2 Å². The van der Waals surface area contributed by atoms with Gasteiger partial charge in [0, 0.05) is 5.02 Å². The molecule has 0 saturated carbocycles. The van der Waals surface area contributed by atoms with E-state index in [9.17, 15) is 14.4 Å². The zero-order chi connectivity index (χ0) is 14.0. The van der Waals surface area contributed by atoms with Crippen LogP contribution in [0.5, 0.6) is 0 Å². The Morgan fingerprint density at radius 2 is 2.11 bits per heavy atom. The maximum atomic E-state index is 11.7. The fourth-order valence-electron chi connectivity index (χ4n) is 1.54. The number of benzene rings is 1. The van der Waals surface area contributed by atoms with E-state index < -0.39 is 17.8 Å². The maximum Gasteiger partial charge on any atom is 0.325 e. The summed E-state index contributed by atoms with van der Waals surface area (Å²) in [6.45, 7) is -0.447. The fourth-order valence-corrected chi connectivity index (χ4v) is 2.00. The monoisotopic (exact) mass is 301 g/mol. The van der Waals surface area contributed by atoms with Crippen LogP contribution in [0.25, 0.3) is 0 Å². The largest absolute Gasteiger partial charge is 0.329 e. The van der Waals surface area contributed by atoms with Gasteiger partial charge in [-0.3, -0.25) is 14.5 Å². The van der Waals surface area contributed by atoms with E-state index in [1.165, 1.54) is 12.1 Å². The number of amides is 4. The zero-order valence-electron chi connectivity index (χ0n) is 9.57. The number of nitrogens with one attached hydrogen (secondary N) is 2. The molecule has 1 saturated heterocycles. The van der Waals surface area contributed by atoms with Crippen molar-refractivity contribution < 1.29 is 14.4 Å². The summed E-state index contributed by atoms with van der Waals surface area (Å²) in [6, 6.07) is 4.00. The van der Waals surface area contributed by atoms with Crippen LogP contribution in [0.4, 0.5) is 10.5 Å². The van der Waals surface area contributed by atoms with Gasteiger partial charge >= 0.3 is 6.03 Å². The Kier molecular flexibility index (Phi) is 3.92. The molecule has 0 unspecified atom stereocenters. The highest BCUT2D eigenvalue weighted by atomic mass is 35.5. The van der Waals surface area contributed by atoms with Gasteiger partial charge in [-0.15, -0.1) is 0 Å². The van der Waals surface area contributed by atoms with Crippen molar-refractivity contribution in [2.75, 3.05) is 18.4 Å². The second-order valence-corrected chi connectivity index (χ2v) is 4.65. The molecule has 4 amide bonds. The topological polar surface area (TPSA) is 78.5 Å². The first-order valence-electron chi connectivity index (χ1n) is 5.30. The molecule has 0 aliphatic carbocycles. The molecule has 2 N–H and O–H groups in total. The molecular weight excluding hydrogens is 293 g/mol. The normalized spacial score (nSPS) is 14.5. The second kappa shape index (κ2) is 5.46. The second-order valence-electron chi connectivity index (χ2n) is 3.81. The number of rotatable bonds is 3. The Morgan fingerprint density at radius 3 is 2.68 bits per heavy atom. The average molecular weight is 302 g/mol. The van der Waals surface area contributed by atoms with E-state index in [2.05, 4.69) is 10.6 Å². The predicted octanol–water partition coefficient (Wildman–Crippen LogP) is 1.48. The molecule has 2 rings (SSSR count). The molecule has 1 aromatic rings. The van der Waals surface area contributed by atoms with Crippen molar-refractivity contribution in [1.29, 1.82) is 0 Å². The number of hydrogen-bond donors (Lipinski definition) is 2. The molecule has 100 valence electrons. The Bertz CT molecular complexity index is 546. The molecule has 0 atom stereocenters. The number of urea groups is 1. The third kappa shape index (κ3) is 3.15. The van der Waals surface area contributed by atoms with Gasteiger partial charge in [0.1, 0.15) is 6.54 Å². The van der Waals surface area contributed by atoms with E-state index in [0.29, 0.717) is 10.7 Å². The van der Waals surface area contributed by atoms with Gasteiger partial charge in [-0.05, 0) is 18.2 Å². The third-order valence-electron chi connectivity index (χ3n) is 2.44. The van der Waals surface area contributed by atoms with Crippen molar-refractivity contribution in [2.45, 2.75) is 0 Å². The quantitative estimate of drug-likeness (QED) is 0.830. The van der Waals surface area contributed by atoms with Crippen LogP contribution in [0, 0.1) is 0 Å². The number of imide groups is 1. The van der Waals surface area contributed by atoms with Crippen molar-refractivity contribution >= 4 is 46.7 Å². The van der Waals surface area contributed by atoms with Crippen LogP contribution in [0.15, 0.2) is 18.2 Å². The first kappa shape index (κ1) is 13.6. The SMILES string of the molecule is O=C(CN1C(=O)CNC1=O)Nc1ccc(Cl)cc1Cl. The Balaban J connectivity index is 2.01. The first-order valence-corrected chi connectivity index (χ1v) is 6.06. The van der Waals surface area contributed by atoms with Crippen molar-refractivity contribution in [3.63, 3.8) is 0 Å². The van der Waals surface area contributed by atoms with Crippen LogP contribution in [0.3, 0.4) is 0 Å². The number of anilines is 1. The van der Waals surface area contributed by atoms with Gasteiger partial charge in [-0.25, -0.2) is 4.79 Å². The lowest BCUT2D eigenvalue weighted by Gasteiger charge is -2.13. The molecule has 19 heavy (non-hydrogen) atoms. The highest BCUT2D eigenvalue weighted by Crippen LogP contribution is 2.25. The molecule has 1 aliphatic rings. The zero-order valence-corrected chi connectivity index (χ0v) is 11.1. The van der Waals surface area contributed by atoms with E-state index in [1.54, 1.807) is 6.07 Å². The summed E-state index contributed by atoms with van der Waals surface area (Å²) in [7, 11) is 0. The molecule has 0 bridgehead atoms. The van der Waals surface area contributed by atoms with Crippen molar-refractivity contribution in [1.82, 2.24) is 10.2 Å². The lowest BCUT2D eigenvalue weighted by atomic mass is 10.3. The molecule has 6 nitrogen and oxygen atoms in total. The molecular formula is C11H9Cl2N3O3. The minimum Gasteiger partial charge on any atom is -0.329 e. The Hall–Kier alpha value is -1.79. The summed E-state index contributed by atoms with van der Waals surface area (Å²) in [6.07, 6.45) is 0. The standard InChI is InChI=1S/C11H9Cl2N3O3/c12-6-1-2-8(7(13)3-6)15-9(17)5-16-10(18)4-14-11(16)19/h1-3H,4-5H2,(H,14,19)(H,15,17). The van der Waals surface area contributed by atoms with Crippen molar-refractivity contribution in [3.8, 4) is 0 Å². The summed E-state index contributed by atoms with van der Waals surface area (Å²) >= 11 is 11.6. The average Bonchev–Trinajstić information content (AvgIpc) is 2.65. The highest BCUT2D eigenvalue weighted by Gasteiger charge is 2.30. The summed E-state index contributed by atoms with van der Waals surface area (Å²) in [5.74, 6) is -0.961. The summed E-state index contributed by atoms with van der Waals surface area (Å²) < 4.78 is 0. The van der Waals surface area contributed by atoms with E-state index in [-0.39, 0.29) is 18.1 Å². The number of carbonyl (C=O) groups excluding carboxylic acids is 3. The molecule has 8 heteroatoms. The van der Waals surface area contributed by atoms with Gasteiger partial charge in [0.2, 0.25) is 5.91 Å². The highest BCUT2D eigenvalue weighted by molar-refractivity contribution is 6.36. The lowest BCUT2D eigenvalue weighted by molar-refractivity contribution is -0.128. The molecule has 0 aromatic heterocycles. The maximum absolute atomic E-state index is 11.7. The minimum atomic E-state index is -0.581. The van der Waals surface area contributed by atoms with E-state index in [1.807, 2.05) is 0 Å². The number of carbonyl (C=O) groups is 3. The summed E-state index contributed by atoms with van der Waals surface area (Å²) in [4.78, 5) is 35.1. The van der Waals surface area contributed by atoms with Gasteiger partial charge in [0.25, 0.3) is 5.91 Å². The Morgan fingerprint density at radius 1 is 1.37 bits per heavy atom. The number of halogens is 2. The van der Waals surface area contributed by atoms with Crippen molar-refractivity contribution in [2.24, 2.45) is 0 Å². The molecule has 1 aromatic carbocycles. The molecule has 1 fully saturated rings. The van der Waals surface area contributed by atoms with Gasteiger partial charge in [0.15, 0.2) is 0 Å². The molecule has 0 radical (unpaired) electrons. The van der Waals surface area contributed by atoms with E-state index >= 15 is 0 Å². The smallest absolute Gasteiger partial charge is 0.325 e. The lowest BCUT2D eigenvalue weighted by Crippen LogP contribution is -2.38. The van der Waals surface area contributed by atoms with Crippen LogP contribution in [-0.4, -0.2) is 35.8 Å². The van der Waals surface area contributed by atoms with E-state index in [0.717, 1.165) is 4.90 Å². The first-order chi connectivity index (χ1) is 8.97. The van der Waals surface area contributed by atoms with Crippen LogP contribution in [-0.2, 0) is 9.59 Å². The van der Waals surface area contributed by atoms with Crippen LogP contribution < -0.4 is 10.6 Å². The fraction of sp³-hybridized carbons (Fsp3) is 0.182. The third-order valence-corrected chi connectivity index (χ3v) is 2.99. The van der Waals surface area contributed by atoms with Gasteiger partial charge in [0.05, 0.1) is 17.3 Å². The minimum absolute atomic E-state index is 0.0895. The summed E-state index contributed by atoms with van der Waals surface area (Å²) in [5, 5.41) is 5.54. The predicted molar refractivity (Wildman–Crippen MR) is 70.2 cm³/mol. The van der Waals surface area contributed by atoms with Crippen molar-refractivity contribution in [3.05, 3.63) is 28.2 Å². The molecule has 1 aliphatic heterocycles. The van der Waals surface area contributed by atoms with Gasteiger partial charge < -0.3 is 10.6 Å². The number of nitrogens with zero attached hydrogens (tertiary/aromatic N) is 1. The van der Waals surface area contributed by atoms with Crippen LogP contribution in [0.2, 0.25) is 10.0 Å². The Labute approximate surface area is 118 Å². The molecule has 1 heterocycles. The van der Waals surface area contributed by atoms with Gasteiger partial charge in [-0.2, -0.15) is 0 Å².